The molecule has 0 unspecified atom stereocenters. The Kier molecular flexibility index (Phi) is 12.8. The zero-order valence-corrected chi connectivity index (χ0v) is 24.1. The smallest absolute Gasteiger partial charge is 0.408 e. The molecule has 10 heteroatoms. The Hall–Kier alpha value is -2.20. The molecule has 9 nitrogen and oxygen atoms in total. The molecule has 206 valence electrons. The SMILES string of the molecule is CCCN(C(=O)[C@@H](NC(=O)OC(C)(C)C)C(CC)CC)[C@H](C[C@@H](O)c1nc(C(=O)OC)cs1)C(C)C. The molecule has 0 aromatic carbocycles. The molecule has 2 N–H and O–H groups in total. The molecule has 36 heavy (non-hydrogen) atoms. The third-order valence-electron chi connectivity index (χ3n) is 6.04. The van der Waals surface area contributed by atoms with Crippen LogP contribution < -0.4 is 5.32 Å². The van der Waals surface area contributed by atoms with Gasteiger partial charge in [-0.1, -0.05) is 47.5 Å². The van der Waals surface area contributed by atoms with Crippen molar-refractivity contribution < 1.29 is 29.0 Å². The molecule has 1 aromatic rings. The molecule has 0 aliphatic rings. The Bertz CT molecular complexity index is 847. The summed E-state index contributed by atoms with van der Waals surface area (Å²) in [5.41, 5.74) is -0.537. The zero-order valence-electron chi connectivity index (χ0n) is 23.3. The summed E-state index contributed by atoms with van der Waals surface area (Å²) in [6.07, 6.45) is 0.818. The Labute approximate surface area is 220 Å². The quantitative estimate of drug-likeness (QED) is 0.349. The predicted octanol–water partition coefficient (Wildman–Crippen LogP) is 4.95. The highest BCUT2D eigenvalue weighted by molar-refractivity contribution is 7.09. The minimum atomic E-state index is -0.960. The van der Waals surface area contributed by atoms with Crippen LogP contribution in [-0.4, -0.2) is 64.3 Å². The molecular formula is C26H45N3O6S. The van der Waals surface area contributed by atoms with E-state index in [1.165, 1.54) is 18.4 Å². The van der Waals surface area contributed by atoms with Crippen molar-refractivity contribution in [3.05, 3.63) is 16.1 Å². The number of hydrogen-bond acceptors (Lipinski definition) is 8. The van der Waals surface area contributed by atoms with E-state index in [1.54, 1.807) is 31.1 Å². The number of aromatic nitrogens is 1. The lowest BCUT2D eigenvalue weighted by Crippen LogP contribution is -2.56. The number of thiazole rings is 1. The van der Waals surface area contributed by atoms with E-state index >= 15 is 0 Å². The summed E-state index contributed by atoms with van der Waals surface area (Å²) < 4.78 is 10.2. The monoisotopic (exact) mass is 527 g/mol. The molecule has 0 saturated carbocycles. The van der Waals surface area contributed by atoms with Crippen LogP contribution in [0, 0.1) is 11.8 Å². The van der Waals surface area contributed by atoms with Crippen LogP contribution in [0.2, 0.25) is 0 Å². The number of nitrogens with one attached hydrogen (secondary N) is 1. The van der Waals surface area contributed by atoms with Crippen LogP contribution in [0.1, 0.15) is 103 Å². The fourth-order valence-electron chi connectivity index (χ4n) is 4.16. The van der Waals surface area contributed by atoms with Crippen molar-refractivity contribution in [2.24, 2.45) is 11.8 Å². The first-order valence-electron chi connectivity index (χ1n) is 12.8. The number of ether oxygens (including phenoxy) is 2. The second-order valence-electron chi connectivity index (χ2n) is 10.4. The molecule has 0 spiro atoms. The Morgan fingerprint density at radius 2 is 1.78 bits per heavy atom. The van der Waals surface area contributed by atoms with E-state index in [9.17, 15) is 19.5 Å². The van der Waals surface area contributed by atoms with Gasteiger partial charge in [0, 0.05) is 24.4 Å². The average Bonchev–Trinajstić information content (AvgIpc) is 3.29. The molecule has 0 aliphatic heterocycles. The minimum absolute atomic E-state index is 0.0269. The van der Waals surface area contributed by atoms with Crippen molar-refractivity contribution in [1.29, 1.82) is 0 Å². The van der Waals surface area contributed by atoms with E-state index in [-0.39, 0.29) is 35.9 Å². The predicted molar refractivity (Wildman–Crippen MR) is 141 cm³/mol. The molecule has 0 aliphatic carbocycles. The van der Waals surface area contributed by atoms with Crippen molar-refractivity contribution in [3.63, 3.8) is 0 Å². The molecule has 3 atom stereocenters. The Balaban J connectivity index is 3.25. The lowest BCUT2D eigenvalue weighted by atomic mass is 9.90. The van der Waals surface area contributed by atoms with Crippen LogP contribution in [0.4, 0.5) is 4.79 Å². The summed E-state index contributed by atoms with van der Waals surface area (Å²) in [5, 5.41) is 15.8. The third-order valence-corrected chi connectivity index (χ3v) is 6.99. The summed E-state index contributed by atoms with van der Waals surface area (Å²) in [6, 6.07) is -1.05. The Morgan fingerprint density at radius 3 is 2.25 bits per heavy atom. The summed E-state index contributed by atoms with van der Waals surface area (Å²) in [6.45, 7) is 15.8. The lowest BCUT2D eigenvalue weighted by Gasteiger charge is -2.39. The lowest BCUT2D eigenvalue weighted by molar-refractivity contribution is -0.139. The van der Waals surface area contributed by atoms with Gasteiger partial charge in [-0.25, -0.2) is 14.6 Å². The van der Waals surface area contributed by atoms with Crippen molar-refractivity contribution in [2.45, 2.75) is 105 Å². The van der Waals surface area contributed by atoms with Gasteiger partial charge in [-0.05, 0) is 39.0 Å². The first kappa shape index (κ1) is 31.8. The van der Waals surface area contributed by atoms with Gasteiger partial charge in [-0.2, -0.15) is 0 Å². The number of carbonyl (C=O) groups excluding carboxylic acids is 3. The van der Waals surface area contributed by atoms with Gasteiger partial charge in [0.1, 0.15) is 22.8 Å². The maximum Gasteiger partial charge on any atom is 0.408 e. The van der Waals surface area contributed by atoms with E-state index in [1.807, 2.05) is 34.6 Å². The van der Waals surface area contributed by atoms with Crippen molar-refractivity contribution in [1.82, 2.24) is 15.2 Å². The summed E-state index contributed by atoms with van der Waals surface area (Å²) >= 11 is 1.18. The Morgan fingerprint density at radius 1 is 1.17 bits per heavy atom. The van der Waals surface area contributed by atoms with E-state index in [2.05, 4.69) is 10.3 Å². The second-order valence-corrected chi connectivity index (χ2v) is 11.2. The second kappa shape index (κ2) is 14.5. The number of amides is 2. The molecule has 0 bridgehead atoms. The number of aliphatic hydroxyl groups excluding tert-OH is 1. The maximum absolute atomic E-state index is 14.0. The van der Waals surface area contributed by atoms with Crippen molar-refractivity contribution >= 4 is 29.3 Å². The number of alkyl carbamates (subject to hydrolysis) is 1. The number of rotatable bonds is 13. The number of nitrogens with zero attached hydrogens (tertiary/aromatic N) is 2. The van der Waals surface area contributed by atoms with Crippen LogP contribution in [0.25, 0.3) is 0 Å². The number of aliphatic hydroxyl groups is 1. The van der Waals surface area contributed by atoms with Gasteiger partial charge in [-0.3, -0.25) is 4.79 Å². The van der Waals surface area contributed by atoms with Crippen LogP contribution in [0.5, 0.6) is 0 Å². The normalized spacial score (nSPS) is 14.3. The molecular weight excluding hydrogens is 482 g/mol. The van der Waals surface area contributed by atoms with Gasteiger partial charge >= 0.3 is 12.1 Å². The fourth-order valence-corrected chi connectivity index (χ4v) is 4.95. The van der Waals surface area contributed by atoms with E-state index < -0.39 is 29.8 Å². The van der Waals surface area contributed by atoms with Gasteiger partial charge < -0.3 is 24.8 Å². The first-order chi connectivity index (χ1) is 16.8. The van der Waals surface area contributed by atoms with Crippen LogP contribution in [-0.2, 0) is 14.3 Å². The molecule has 1 aromatic heterocycles. The van der Waals surface area contributed by atoms with Crippen LogP contribution in [0.3, 0.4) is 0 Å². The molecule has 1 rings (SSSR count). The molecule has 1 heterocycles. The molecule has 2 amide bonds. The highest BCUT2D eigenvalue weighted by Crippen LogP contribution is 2.29. The summed E-state index contributed by atoms with van der Waals surface area (Å²) in [4.78, 5) is 44.4. The van der Waals surface area contributed by atoms with Gasteiger partial charge in [0.15, 0.2) is 5.69 Å². The zero-order chi connectivity index (χ0) is 27.6. The van der Waals surface area contributed by atoms with Crippen LogP contribution >= 0.6 is 11.3 Å². The van der Waals surface area contributed by atoms with E-state index in [0.29, 0.717) is 24.4 Å². The molecule has 0 radical (unpaired) electrons. The first-order valence-corrected chi connectivity index (χ1v) is 13.7. The third kappa shape index (κ3) is 9.35. The summed E-state index contributed by atoms with van der Waals surface area (Å²) in [7, 11) is 1.28. The molecule has 0 saturated heterocycles. The van der Waals surface area contributed by atoms with Gasteiger partial charge in [0.05, 0.1) is 7.11 Å². The number of esters is 1. The highest BCUT2D eigenvalue weighted by Gasteiger charge is 2.37. The number of hydrogen-bond donors (Lipinski definition) is 2. The minimum Gasteiger partial charge on any atom is -0.464 e. The summed E-state index contributed by atoms with van der Waals surface area (Å²) in [5.74, 6) is -0.784. The number of carbonyl (C=O) groups is 3. The average molecular weight is 528 g/mol. The van der Waals surface area contributed by atoms with Crippen molar-refractivity contribution in [3.8, 4) is 0 Å². The van der Waals surface area contributed by atoms with Gasteiger partial charge in [-0.15, -0.1) is 11.3 Å². The van der Waals surface area contributed by atoms with E-state index in [0.717, 1.165) is 6.42 Å². The van der Waals surface area contributed by atoms with Gasteiger partial charge in [0.2, 0.25) is 5.91 Å². The van der Waals surface area contributed by atoms with Crippen LogP contribution in [0.15, 0.2) is 5.38 Å². The molecule has 0 fully saturated rings. The largest absolute Gasteiger partial charge is 0.464 e. The van der Waals surface area contributed by atoms with Crippen molar-refractivity contribution in [2.75, 3.05) is 13.7 Å². The number of methoxy groups -OCH3 is 1. The maximum atomic E-state index is 14.0. The topological polar surface area (TPSA) is 118 Å². The standard InChI is InChI=1S/C26H45N3O6S/c1-10-13-29(23(31)21(17(11-2)12-3)28-25(33)35-26(6,7)8)19(16(4)5)14-20(30)22-27-18(15-36-22)24(32)34-9/h15-17,19-21,30H,10-14H2,1-9H3,(H,28,33)/t19-,20-,21+/m1/s1. The highest BCUT2D eigenvalue weighted by atomic mass is 32.1. The van der Waals surface area contributed by atoms with Gasteiger partial charge in [0.25, 0.3) is 0 Å². The fraction of sp³-hybridized carbons (Fsp3) is 0.769. The van der Waals surface area contributed by atoms with E-state index in [4.69, 9.17) is 9.47 Å².